The van der Waals surface area contributed by atoms with E-state index in [-0.39, 0.29) is 54.8 Å². The SMILES string of the molecule is CC(C)(C)OC(=O)N1C2CCC1CN(c1cc3c(c(F)c1F)CC(NC(=O)OCc1ccccc1)CO3)C2. The van der Waals surface area contributed by atoms with Crippen molar-refractivity contribution >= 4 is 17.9 Å². The van der Waals surface area contributed by atoms with E-state index in [0.717, 1.165) is 18.4 Å². The van der Waals surface area contributed by atoms with E-state index >= 15 is 8.78 Å². The molecule has 3 aliphatic rings. The first-order valence-electron chi connectivity index (χ1n) is 13.0. The number of piperazine rings is 1. The van der Waals surface area contributed by atoms with Gasteiger partial charge in [0, 0.05) is 31.1 Å². The minimum absolute atomic E-state index is 0.0798. The second kappa shape index (κ2) is 10.3. The number of anilines is 1. The van der Waals surface area contributed by atoms with Crippen molar-refractivity contribution in [2.45, 2.75) is 70.4 Å². The lowest BCUT2D eigenvalue weighted by molar-refractivity contribution is 0.0122. The van der Waals surface area contributed by atoms with Crippen molar-refractivity contribution < 1.29 is 32.6 Å². The molecule has 2 aromatic carbocycles. The number of ether oxygens (including phenoxy) is 3. The third-order valence-corrected chi connectivity index (χ3v) is 7.10. The molecule has 3 aliphatic heterocycles. The van der Waals surface area contributed by atoms with Crippen LogP contribution in [0.1, 0.15) is 44.7 Å². The molecule has 3 heterocycles. The second-order valence-electron chi connectivity index (χ2n) is 11.1. The zero-order chi connectivity index (χ0) is 27.0. The van der Waals surface area contributed by atoms with Crippen LogP contribution >= 0.6 is 0 Å². The highest BCUT2D eigenvalue weighted by Crippen LogP contribution is 2.39. The second-order valence-corrected chi connectivity index (χ2v) is 11.1. The third-order valence-electron chi connectivity index (χ3n) is 7.10. The first-order chi connectivity index (χ1) is 18.1. The molecule has 1 N–H and O–H groups in total. The van der Waals surface area contributed by atoms with Crippen LogP contribution in [-0.2, 0) is 22.5 Å². The van der Waals surface area contributed by atoms with Crippen molar-refractivity contribution in [2.24, 2.45) is 0 Å². The van der Waals surface area contributed by atoms with Crippen molar-refractivity contribution in [1.82, 2.24) is 10.2 Å². The molecule has 0 aliphatic carbocycles. The van der Waals surface area contributed by atoms with Gasteiger partial charge in [0.1, 0.15) is 24.6 Å². The highest BCUT2D eigenvalue weighted by molar-refractivity contribution is 5.71. The average Bonchev–Trinajstić information content (AvgIpc) is 3.14. The predicted molar refractivity (Wildman–Crippen MR) is 136 cm³/mol. The number of carbonyl (C=O) groups excluding carboxylic acids is 2. The lowest BCUT2D eigenvalue weighted by Crippen LogP contribution is -2.57. The summed E-state index contributed by atoms with van der Waals surface area (Å²) in [5.74, 6) is -1.68. The van der Waals surface area contributed by atoms with Crippen LogP contribution in [0.5, 0.6) is 5.75 Å². The van der Waals surface area contributed by atoms with Gasteiger partial charge in [-0.05, 0) is 39.2 Å². The van der Waals surface area contributed by atoms with Gasteiger partial charge in [-0.1, -0.05) is 30.3 Å². The Kier molecular flexibility index (Phi) is 7.07. The van der Waals surface area contributed by atoms with E-state index in [9.17, 15) is 9.59 Å². The van der Waals surface area contributed by atoms with Gasteiger partial charge in [0.2, 0.25) is 0 Å². The van der Waals surface area contributed by atoms with E-state index in [1.807, 2.05) is 51.1 Å². The van der Waals surface area contributed by atoms with Gasteiger partial charge >= 0.3 is 12.2 Å². The molecule has 0 radical (unpaired) electrons. The maximum absolute atomic E-state index is 15.3. The number of nitrogens with one attached hydrogen (secondary N) is 1. The molecule has 0 spiro atoms. The van der Waals surface area contributed by atoms with Gasteiger partial charge in [-0.3, -0.25) is 4.90 Å². The fourth-order valence-electron chi connectivity index (χ4n) is 5.41. The van der Waals surface area contributed by atoms with Gasteiger partial charge in [-0.25, -0.2) is 18.4 Å². The summed E-state index contributed by atoms with van der Waals surface area (Å²) in [4.78, 5) is 28.5. The molecule has 2 amide bonds. The van der Waals surface area contributed by atoms with Crippen LogP contribution in [0.15, 0.2) is 36.4 Å². The van der Waals surface area contributed by atoms with E-state index in [4.69, 9.17) is 14.2 Å². The van der Waals surface area contributed by atoms with Crippen molar-refractivity contribution in [1.29, 1.82) is 0 Å². The summed E-state index contributed by atoms with van der Waals surface area (Å²) in [7, 11) is 0. The molecule has 204 valence electrons. The molecular weight excluding hydrogens is 496 g/mol. The van der Waals surface area contributed by atoms with Crippen LogP contribution in [0.3, 0.4) is 0 Å². The van der Waals surface area contributed by atoms with E-state index in [1.165, 1.54) is 6.07 Å². The molecular formula is C28H33F2N3O5. The summed E-state index contributed by atoms with van der Waals surface area (Å²) < 4.78 is 47.2. The normalized spacial score (nSPS) is 22.4. The molecule has 38 heavy (non-hydrogen) atoms. The monoisotopic (exact) mass is 529 g/mol. The van der Waals surface area contributed by atoms with Crippen LogP contribution in [0.2, 0.25) is 0 Å². The Hall–Kier alpha value is -3.56. The van der Waals surface area contributed by atoms with Crippen molar-refractivity contribution in [3.63, 3.8) is 0 Å². The summed E-state index contributed by atoms with van der Waals surface area (Å²) in [6.45, 7) is 6.43. The lowest BCUT2D eigenvalue weighted by Gasteiger charge is -2.42. The van der Waals surface area contributed by atoms with Crippen molar-refractivity contribution in [3.05, 3.63) is 59.2 Å². The van der Waals surface area contributed by atoms with Crippen LogP contribution in [-0.4, -0.2) is 60.5 Å². The van der Waals surface area contributed by atoms with Gasteiger partial charge in [0.15, 0.2) is 11.6 Å². The number of halogens is 2. The van der Waals surface area contributed by atoms with Gasteiger partial charge < -0.3 is 24.4 Å². The number of amides is 2. The van der Waals surface area contributed by atoms with Gasteiger partial charge in [-0.2, -0.15) is 0 Å². The van der Waals surface area contributed by atoms with Crippen LogP contribution < -0.4 is 15.0 Å². The number of benzene rings is 2. The molecule has 10 heteroatoms. The van der Waals surface area contributed by atoms with Crippen LogP contribution in [0.25, 0.3) is 0 Å². The number of hydrogen-bond donors (Lipinski definition) is 1. The molecule has 2 fully saturated rings. The summed E-state index contributed by atoms with van der Waals surface area (Å²) in [5, 5.41) is 2.67. The molecule has 3 unspecified atom stereocenters. The van der Waals surface area contributed by atoms with Crippen LogP contribution in [0, 0.1) is 11.6 Å². The molecule has 5 rings (SSSR count). The standard InChI is InChI=1S/C28H33F2N3O5/c1-28(2,3)38-27(35)33-19-9-10-20(33)14-32(13-19)22-12-23-21(24(29)25(22)30)11-18(16-36-23)31-26(34)37-15-17-7-5-4-6-8-17/h4-8,12,18-20H,9-11,13-16H2,1-3H3,(H,31,34). The summed E-state index contributed by atoms with van der Waals surface area (Å²) >= 11 is 0. The van der Waals surface area contributed by atoms with Gasteiger partial charge in [0.05, 0.1) is 23.8 Å². The number of hydrogen-bond acceptors (Lipinski definition) is 6. The molecule has 0 saturated carbocycles. The van der Waals surface area contributed by atoms with Gasteiger partial charge in [0.25, 0.3) is 0 Å². The van der Waals surface area contributed by atoms with Gasteiger partial charge in [-0.15, -0.1) is 0 Å². The quantitative estimate of drug-likeness (QED) is 0.614. The molecule has 0 aromatic heterocycles. The third kappa shape index (κ3) is 5.49. The highest BCUT2D eigenvalue weighted by Gasteiger charge is 2.45. The smallest absolute Gasteiger partial charge is 0.410 e. The fourth-order valence-corrected chi connectivity index (χ4v) is 5.41. The zero-order valence-electron chi connectivity index (χ0n) is 21.8. The highest BCUT2D eigenvalue weighted by atomic mass is 19.2. The molecule has 2 bridgehead atoms. The Bertz CT molecular complexity index is 1190. The maximum atomic E-state index is 15.3. The van der Waals surface area contributed by atoms with E-state index < -0.39 is 29.4 Å². The van der Waals surface area contributed by atoms with E-state index in [0.29, 0.717) is 13.1 Å². The van der Waals surface area contributed by atoms with Crippen molar-refractivity contribution in [2.75, 3.05) is 24.6 Å². The first kappa shape index (κ1) is 26.1. The van der Waals surface area contributed by atoms with Crippen molar-refractivity contribution in [3.8, 4) is 5.75 Å². The fraction of sp³-hybridized carbons (Fsp3) is 0.500. The zero-order valence-corrected chi connectivity index (χ0v) is 21.8. The minimum atomic E-state index is -0.983. The summed E-state index contributed by atoms with van der Waals surface area (Å²) in [6.07, 6.45) is 0.614. The number of fused-ring (bicyclic) bond motifs is 3. The Morgan fingerprint density at radius 3 is 2.42 bits per heavy atom. The average molecular weight is 530 g/mol. The maximum Gasteiger partial charge on any atom is 0.410 e. The first-order valence-corrected chi connectivity index (χ1v) is 13.0. The predicted octanol–water partition coefficient (Wildman–Crippen LogP) is 4.78. The van der Waals surface area contributed by atoms with E-state index in [2.05, 4.69) is 5.32 Å². The Morgan fingerprint density at radius 1 is 1.08 bits per heavy atom. The molecule has 3 atom stereocenters. The number of nitrogens with zero attached hydrogens (tertiary/aromatic N) is 2. The van der Waals surface area contributed by atoms with Crippen LogP contribution in [0.4, 0.5) is 24.1 Å². The molecule has 8 nitrogen and oxygen atoms in total. The van der Waals surface area contributed by atoms with E-state index in [1.54, 1.807) is 9.80 Å². The number of rotatable bonds is 4. The Balaban J connectivity index is 1.24. The number of carbonyl (C=O) groups is 2. The Labute approximate surface area is 220 Å². The lowest BCUT2D eigenvalue weighted by atomic mass is 10.00. The minimum Gasteiger partial charge on any atom is -0.491 e. The molecule has 2 saturated heterocycles. The largest absolute Gasteiger partial charge is 0.491 e. The topological polar surface area (TPSA) is 80.3 Å². The summed E-state index contributed by atoms with van der Waals surface area (Å²) in [5.41, 5.74) is 0.440. The summed E-state index contributed by atoms with van der Waals surface area (Å²) in [6, 6.07) is 9.93. The molecule has 2 aromatic rings. The Morgan fingerprint density at radius 2 is 1.76 bits per heavy atom. The number of alkyl carbamates (subject to hydrolysis) is 1.